The number of imidazole rings is 1. The summed E-state index contributed by atoms with van der Waals surface area (Å²) in [5.74, 6) is 0. The van der Waals surface area contributed by atoms with Gasteiger partial charge in [0.15, 0.2) is 10.7 Å². The molecule has 13 heteroatoms. The predicted octanol–water partition coefficient (Wildman–Crippen LogP) is 6.62. The van der Waals surface area contributed by atoms with Crippen LogP contribution in [0.2, 0.25) is 0 Å². The van der Waals surface area contributed by atoms with Crippen molar-refractivity contribution in [3.63, 3.8) is 0 Å². The third kappa shape index (κ3) is 6.91. The molecule has 2 saturated carbocycles. The van der Waals surface area contributed by atoms with E-state index in [1.165, 1.54) is 27.6 Å². The van der Waals surface area contributed by atoms with E-state index in [9.17, 15) is 14.4 Å². The van der Waals surface area contributed by atoms with Gasteiger partial charge in [0.2, 0.25) is 0 Å². The van der Waals surface area contributed by atoms with E-state index in [2.05, 4.69) is 26.5 Å². The second kappa shape index (κ2) is 13.4. The molecule has 234 valence electrons. The first-order valence-electron chi connectivity index (χ1n) is 15.2. The second-order valence-electron chi connectivity index (χ2n) is 11.5. The molecule has 3 aromatic rings. The van der Waals surface area contributed by atoms with Gasteiger partial charge in [-0.3, -0.25) is 4.40 Å². The summed E-state index contributed by atoms with van der Waals surface area (Å²) in [6.45, 7) is 16.1. The average molecular weight is 631 g/mol. The molecule has 0 atom stereocenters. The zero-order valence-corrected chi connectivity index (χ0v) is 27.9. The Kier molecular flexibility index (Phi) is 10.2. The van der Waals surface area contributed by atoms with Crippen LogP contribution in [0.15, 0.2) is 23.4 Å². The van der Waals surface area contributed by atoms with Gasteiger partial charge < -0.3 is 15.0 Å². The molecule has 0 spiro atoms. The third-order valence-corrected chi connectivity index (χ3v) is 9.60. The topological polar surface area (TPSA) is 112 Å². The van der Waals surface area contributed by atoms with Crippen LogP contribution < -0.4 is 10.2 Å². The standard InChI is InChI=1S/C26H31FN8O2S2.2C2H6/c1-24(2,3)37-23(36)35(26(15-27)6-7-26)39-17-12-18(33-10-8-29-9-11-33)20-30-13-19(34(20)14-17)21-31-32-22(38-21)25(16-28)4-5-25;2*1-2/h12-14,29H,4-11,15H2,1-3H3;2*1-2H3. The van der Waals surface area contributed by atoms with Gasteiger partial charge in [0.1, 0.15) is 28.4 Å². The first kappa shape index (κ1) is 33.0. The zero-order valence-electron chi connectivity index (χ0n) is 26.2. The lowest BCUT2D eigenvalue weighted by Gasteiger charge is -2.32. The van der Waals surface area contributed by atoms with Crippen molar-refractivity contribution in [2.75, 3.05) is 37.8 Å². The Labute approximate surface area is 262 Å². The highest BCUT2D eigenvalue weighted by Crippen LogP contribution is 2.50. The summed E-state index contributed by atoms with van der Waals surface area (Å²) in [5, 5.41) is 23.2. The maximum absolute atomic E-state index is 14.2. The van der Waals surface area contributed by atoms with Crippen LogP contribution in [0.1, 0.15) is 79.2 Å². The highest BCUT2D eigenvalue weighted by molar-refractivity contribution is 7.97. The number of fused-ring (bicyclic) bond motifs is 1. The van der Waals surface area contributed by atoms with E-state index in [1.54, 1.807) is 6.20 Å². The Bertz CT molecular complexity index is 1450. The van der Waals surface area contributed by atoms with Crippen molar-refractivity contribution < 1.29 is 13.9 Å². The normalized spacial score (nSPS) is 18.0. The van der Waals surface area contributed by atoms with Crippen LogP contribution >= 0.6 is 23.3 Å². The van der Waals surface area contributed by atoms with E-state index in [0.29, 0.717) is 17.8 Å². The van der Waals surface area contributed by atoms with Gasteiger partial charge in [-0.25, -0.2) is 18.5 Å². The zero-order chi connectivity index (χ0) is 31.4. The smallest absolute Gasteiger partial charge is 0.421 e. The lowest BCUT2D eigenvalue weighted by atomic mass is 10.1. The molecule has 4 heterocycles. The highest BCUT2D eigenvalue weighted by Gasteiger charge is 2.53. The Morgan fingerprint density at radius 1 is 1.19 bits per heavy atom. The molecule has 3 fully saturated rings. The predicted molar refractivity (Wildman–Crippen MR) is 170 cm³/mol. The molecule has 0 unspecified atom stereocenters. The Morgan fingerprint density at radius 2 is 1.86 bits per heavy atom. The van der Waals surface area contributed by atoms with Gasteiger partial charge in [0.25, 0.3) is 0 Å². The fourth-order valence-electron chi connectivity index (χ4n) is 4.68. The van der Waals surface area contributed by atoms with Crippen molar-refractivity contribution >= 4 is 40.7 Å². The number of anilines is 1. The number of piperazine rings is 1. The van der Waals surface area contributed by atoms with Crippen molar-refractivity contribution in [1.29, 1.82) is 5.26 Å². The molecule has 0 aromatic carbocycles. The van der Waals surface area contributed by atoms with Crippen LogP contribution in [-0.2, 0) is 10.2 Å². The van der Waals surface area contributed by atoms with Gasteiger partial charge in [-0.15, -0.1) is 10.2 Å². The maximum atomic E-state index is 14.2. The number of nitrogens with one attached hydrogen (secondary N) is 1. The van der Waals surface area contributed by atoms with E-state index in [0.717, 1.165) is 66.0 Å². The maximum Gasteiger partial charge on any atom is 0.421 e. The highest BCUT2D eigenvalue weighted by atomic mass is 32.2. The van der Waals surface area contributed by atoms with Crippen molar-refractivity contribution in [1.82, 2.24) is 29.2 Å². The molecule has 2 aliphatic carbocycles. The number of hydrogen-bond donors (Lipinski definition) is 1. The number of ether oxygens (including phenoxy) is 1. The number of amides is 1. The second-order valence-corrected chi connectivity index (χ2v) is 13.5. The number of carbonyl (C=O) groups excluding carboxylic acids is 1. The van der Waals surface area contributed by atoms with Crippen LogP contribution in [0.25, 0.3) is 16.3 Å². The molecular weight excluding hydrogens is 588 g/mol. The molecule has 0 bridgehead atoms. The summed E-state index contributed by atoms with van der Waals surface area (Å²) in [6, 6.07) is 4.41. The summed E-state index contributed by atoms with van der Waals surface area (Å²) in [6.07, 6.45) is 5.93. The van der Waals surface area contributed by atoms with Crippen LogP contribution in [-0.4, -0.2) is 74.0 Å². The van der Waals surface area contributed by atoms with Crippen molar-refractivity contribution in [3.05, 3.63) is 23.5 Å². The number of halogens is 1. The van der Waals surface area contributed by atoms with E-state index in [-0.39, 0.29) is 0 Å². The number of nitriles is 1. The van der Waals surface area contributed by atoms with E-state index >= 15 is 0 Å². The van der Waals surface area contributed by atoms with Gasteiger partial charge in [0.05, 0.1) is 23.5 Å². The Morgan fingerprint density at radius 3 is 2.42 bits per heavy atom. The number of alkyl halides is 1. The Hall–Kier alpha value is -2.95. The van der Waals surface area contributed by atoms with E-state index < -0.39 is 29.3 Å². The number of aromatic nitrogens is 4. The largest absolute Gasteiger partial charge is 0.443 e. The summed E-state index contributed by atoms with van der Waals surface area (Å²) < 4.78 is 23.4. The van der Waals surface area contributed by atoms with E-state index in [4.69, 9.17) is 9.72 Å². The number of rotatable bonds is 7. The SMILES string of the molecule is CC.CC.CC(C)(C)OC(=O)N(Sc1cc(N2CCNCC2)c2ncc(-c3nnc(C4(C#N)CC4)s3)n2c1)C1(CF)CC1. The molecule has 1 N–H and O–H groups in total. The van der Waals surface area contributed by atoms with Crippen molar-refractivity contribution in [2.45, 2.75) is 95.6 Å². The fraction of sp³-hybridized carbons (Fsp3) is 0.633. The average Bonchev–Trinajstić information content (AvgIpc) is 3.90. The number of hydrogen-bond acceptors (Lipinski definition) is 10. The van der Waals surface area contributed by atoms with Crippen molar-refractivity contribution in [3.8, 4) is 16.8 Å². The fourth-order valence-corrected chi connectivity index (χ4v) is 6.79. The molecule has 10 nitrogen and oxygen atoms in total. The lowest BCUT2D eigenvalue weighted by Crippen LogP contribution is -2.43. The van der Waals surface area contributed by atoms with E-state index in [1.807, 2.05) is 65.1 Å². The molecular formula is C30H43FN8O2S2. The van der Waals surface area contributed by atoms with Gasteiger partial charge in [-0.1, -0.05) is 39.0 Å². The number of carbonyl (C=O) groups is 1. The summed E-state index contributed by atoms with van der Waals surface area (Å²) in [5.41, 5.74) is 0.387. The quantitative estimate of drug-likeness (QED) is 0.288. The molecule has 0 radical (unpaired) electrons. The van der Waals surface area contributed by atoms with Gasteiger partial charge in [0, 0.05) is 37.3 Å². The molecule has 1 amide bonds. The van der Waals surface area contributed by atoms with Crippen LogP contribution in [0.5, 0.6) is 0 Å². The summed E-state index contributed by atoms with van der Waals surface area (Å²) in [4.78, 5) is 21.1. The number of nitrogens with zero attached hydrogens (tertiary/aromatic N) is 7. The molecule has 1 aliphatic heterocycles. The van der Waals surface area contributed by atoms with Gasteiger partial charge in [-0.2, -0.15) is 5.26 Å². The molecule has 43 heavy (non-hydrogen) atoms. The lowest BCUT2D eigenvalue weighted by molar-refractivity contribution is 0.0320. The van der Waals surface area contributed by atoms with Gasteiger partial charge >= 0.3 is 6.09 Å². The minimum absolute atomic E-state index is 0.512. The number of pyridine rings is 1. The minimum atomic E-state index is -0.862. The molecule has 1 saturated heterocycles. The summed E-state index contributed by atoms with van der Waals surface area (Å²) in [7, 11) is 0. The third-order valence-electron chi connectivity index (χ3n) is 7.30. The van der Waals surface area contributed by atoms with Crippen LogP contribution in [0.3, 0.4) is 0 Å². The monoisotopic (exact) mass is 630 g/mol. The molecule has 6 rings (SSSR count). The van der Waals surface area contributed by atoms with Gasteiger partial charge in [-0.05, 0) is 64.5 Å². The van der Waals surface area contributed by atoms with Crippen molar-refractivity contribution in [2.24, 2.45) is 0 Å². The summed E-state index contributed by atoms with van der Waals surface area (Å²) >= 11 is 2.63. The first-order chi connectivity index (χ1) is 20.7. The minimum Gasteiger partial charge on any atom is -0.443 e. The molecule has 3 aliphatic rings. The Balaban J connectivity index is 0.00000102. The van der Waals surface area contributed by atoms with Crippen LogP contribution in [0.4, 0.5) is 14.9 Å². The molecule has 3 aromatic heterocycles. The van der Waals surface area contributed by atoms with Crippen LogP contribution in [0, 0.1) is 11.3 Å². The first-order valence-corrected chi connectivity index (χ1v) is 16.8.